The van der Waals surface area contributed by atoms with E-state index in [2.05, 4.69) is 5.32 Å². The zero-order chi connectivity index (χ0) is 15.6. The van der Waals surface area contributed by atoms with Gasteiger partial charge in [0.15, 0.2) is 0 Å². The molecule has 0 bridgehead atoms. The summed E-state index contributed by atoms with van der Waals surface area (Å²) in [6, 6.07) is 4.46. The molecule has 0 aliphatic heterocycles. The molecule has 1 saturated carbocycles. The molecule has 0 aromatic heterocycles. The molecule has 2 rings (SSSR count). The minimum atomic E-state index is -3.39. The van der Waals surface area contributed by atoms with Crippen molar-refractivity contribution in [2.75, 3.05) is 13.1 Å². The number of nitrogens with one attached hydrogen (secondary N) is 1. The van der Waals surface area contributed by atoms with Crippen LogP contribution in [0, 0.1) is 13.8 Å². The molecule has 4 nitrogen and oxygen atoms in total. The quantitative estimate of drug-likeness (QED) is 0.842. The highest BCUT2D eigenvalue weighted by atomic mass is 32.2. The first-order valence-electron chi connectivity index (χ1n) is 7.73. The first-order valence-corrected chi connectivity index (χ1v) is 9.17. The largest absolute Gasteiger partial charge is 0.310 e. The van der Waals surface area contributed by atoms with Crippen LogP contribution in [0.3, 0.4) is 0 Å². The third-order valence-electron chi connectivity index (χ3n) is 4.12. The third-order valence-corrected chi connectivity index (χ3v) is 6.31. The minimum absolute atomic E-state index is 0.449. The maximum absolute atomic E-state index is 12.7. The Morgan fingerprint density at radius 3 is 2.29 bits per heavy atom. The van der Waals surface area contributed by atoms with Crippen molar-refractivity contribution in [3.8, 4) is 0 Å². The Labute approximate surface area is 128 Å². The highest BCUT2D eigenvalue weighted by Crippen LogP contribution is 2.25. The van der Waals surface area contributed by atoms with Gasteiger partial charge in [0, 0.05) is 25.7 Å². The van der Waals surface area contributed by atoms with E-state index in [-0.39, 0.29) is 0 Å². The number of hydrogen-bond acceptors (Lipinski definition) is 3. The Bertz CT molecular complexity index is 603. The third kappa shape index (κ3) is 3.65. The van der Waals surface area contributed by atoms with Crippen molar-refractivity contribution in [2.45, 2.75) is 58.0 Å². The lowest BCUT2D eigenvalue weighted by Crippen LogP contribution is -2.31. The van der Waals surface area contributed by atoms with Gasteiger partial charge < -0.3 is 5.32 Å². The minimum Gasteiger partial charge on any atom is -0.310 e. The van der Waals surface area contributed by atoms with E-state index in [1.54, 1.807) is 0 Å². The smallest absolute Gasteiger partial charge is 0.243 e. The topological polar surface area (TPSA) is 49.4 Å². The Morgan fingerprint density at radius 2 is 1.76 bits per heavy atom. The molecule has 5 heteroatoms. The van der Waals surface area contributed by atoms with Crippen LogP contribution in [0.2, 0.25) is 0 Å². The summed E-state index contributed by atoms with van der Waals surface area (Å²) in [5.41, 5.74) is 3.06. The van der Waals surface area contributed by atoms with Gasteiger partial charge in [-0.1, -0.05) is 19.9 Å². The summed E-state index contributed by atoms with van der Waals surface area (Å²) >= 11 is 0. The maximum Gasteiger partial charge on any atom is 0.243 e. The monoisotopic (exact) mass is 310 g/mol. The first kappa shape index (κ1) is 16.5. The molecule has 0 heterocycles. The lowest BCUT2D eigenvalue weighted by Gasteiger charge is -2.21. The van der Waals surface area contributed by atoms with Crippen molar-refractivity contribution in [1.82, 2.24) is 9.62 Å². The normalized spacial score (nSPS) is 15.7. The molecule has 0 spiro atoms. The van der Waals surface area contributed by atoms with Crippen molar-refractivity contribution in [1.29, 1.82) is 0 Å². The summed E-state index contributed by atoms with van der Waals surface area (Å²) in [4.78, 5) is 0.449. The fourth-order valence-electron chi connectivity index (χ4n) is 2.59. The molecule has 1 aromatic rings. The fraction of sp³-hybridized carbons (Fsp3) is 0.625. The first-order chi connectivity index (χ1) is 9.90. The van der Waals surface area contributed by atoms with Crippen LogP contribution in [0.15, 0.2) is 17.0 Å². The second kappa shape index (κ2) is 6.46. The van der Waals surface area contributed by atoms with Gasteiger partial charge in [0.1, 0.15) is 0 Å². The second-order valence-electron chi connectivity index (χ2n) is 5.79. The number of nitrogens with zero attached hydrogens (tertiary/aromatic N) is 1. The standard InChI is InChI=1S/C16H26N2O2S/c1-5-18(6-2)21(19,20)16-10-14(11-17-15-7-8-15)12(3)9-13(16)4/h9-10,15,17H,5-8,11H2,1-4H3. The van der Waals surface area contributed by atoms with E-state index < -0.39 is 10.0 Å². The van der Waals surface area contributed by atoms with E-state index in [0.717, 1.165) is 23.2 Å². The molecule has 118 valence electrons. The molecule has 1 aromatic carbocycles. The van der Waals surface area contributed by atoms with Crippen LogP contribution in [-0.2, 0) is 16.6 Å². The average molecular weight is 310 g/mol. The zero-order valence-corrected chi connectivity index (χ0v) is 14.3. The molecule has 0 saturated heterocycles. The van der Waals surface area contributed by atoms with Gasteiger partial charge in [-0.2, -0.15) is 4.31 Å². The van der Waals surface area contributed by atoms with Crippen molar-refractivity contribution in [3.63, 3.8) is 0 Å². The molecular formula is C16H26N2O2S. The number of sulfonamides is 1. The summed E-state index contributed by atoms with van der Waals surface area (Å²) in [6.07, 6.45) is 2.46. The van der Waals surface area contributed by atoms with Crippen LogP contribution in [0.1, 0.15) is 43.4 Å². The highest BCUT2D eigenvalue weighted by Gasteiger charge is 2.25. The molecule has 1 aliphatic carbocycles. The van der Waals surface area contributed by atoms with Crippen LogP contribution in [-0.4, -0.2) is 31.9 Å². The maximum atomic E-state index is 12.7. The van der Waals surface area contributed by atoms with Gasteiger partial charge in [0.05, 0.1) is 4.90 Å². The number of benzene rings is 1. The number of hydrogen-bond donors (Lipinski definition) is 1. The van der Waals surface area contributed by atoms with E-state index in [1.165, 1.54) is 17.1 Å². The van der Waals surface area contributed by atoms with Crippen LogP contribution in [0.5, 0.6) is 0 Å². The molecule has 0 amide bonds. The van der Waals surface area contributed by atoms with Gasteiger partial charge >= 0.3 is 0 Å². The summed E-state index contributed by atoms with van der Waals surface area (Å²) in [5, 5.41) is 3.46. The summed E-state index contributed by atoms with van der Waals surface area (Å²) in [6.45, 7) is 9.42. The lowest BCUT2D eigenvalue weighted by molar-refractivity contribution is 0.444. The van der Waals surface area contributed by atoms with E-state index in [1.807, 2.05) is 39.8 Å². The predicted octanol–water partition coefficient (Wildman–Crippen LogP) is 2.59. The lowest BCUT2D eigenvalue weighted by atomic mass is 10.1. The summed E-state index contributed by atoms with van der Waals surface area (Å²) in [7, 11) is -3.39. The van der Waals surface area contributed by atoms with Gasteiger partial charge in [0.25, 0.3) is 0 Å². The average Bonchev–Trinajstić information content (AvgIpc) is 3.22. The van der Waals surface area contributed by atoms with E-state index in [9.17, 15) is 8.42 Å². The molecule has 0 radical (unpaired) electrons. The van der Waals surface area contributed by atoms with Crippen LogP contribution < -0.4 is 5.32 Å². The second-order valence-corrected chi connectivity index (χ2v) is 7.70. The number of aryl methyl sites for hydroxylation is 2. The fourth-order valence-corrected chi connectivity index (χ4v) is 4.30. The number of rotatable bonds is 7. The molecule has 1 N–H and O–H groups in total. The van der Waals surface area contributed by atoms with Gasteiger partial charge in [-0.15, -0.1) is 0 Å². The van der Waals surface area contributed by atoms with Crippen molar-refractivity contribution >= 4 is 10.0 Å². The van der Waals surface area contributed by atoms with Crippen LogP contribution >= 0.6 is 0 Å². The molecule has 1 fully saturated rings. The summed E-state index contributed by atoms with van der Waals surface area (Å²) in [5.74, 6) is 0. The van der Waals surface area contributed by atoms with E-state index in [0.29, 0.717) is 24.0 Å². The van der Waals surface area contributed by atoms with Crippen molar-refractivity contribution < 1.29 is 8.42 Å². The molecule has 0 atom stereocenters. The Morgan fingerprint density at radius 1 is 1.14 bits per heavy atom. The van der Waals surface area contributed by atoms with Crippen molar-refractivity contribution in [3.05, 3.63) is 28.8 Å². The van der Waals surface area contributed by atoms with Crippen LogP contribution in [0.25, 0.3) is 0 Å². The van der Waals surface area contributed by atoms with E-state index in [4.69, 9.17) is 0 Å². The Hall–Kier alpha value is -0.910. The predicted molar refractivity (Wildman–Crippen MR) is 85.9 cm³/mol. The zero-order valence-electron chi connectivity index (χ0n) is 13.4. The summed E-state index contributed by atoms with van der Waals surface area (Å²) < 4.78 is 27.0. The van der Waals surface area contributed by atoms with Crippen LogP contribution in [0.4, 0.5) is 0 Å². The van der Waals surface area contributed by atoms with Gasteiger partial charge in [-0.25, -0.2) is 8.42 Å². The molecule has 1 aliphatic rings. The Balaban J connectivity index is 2.35. The van der Waals surface area contributed by atoms with Crippen molar-refractivity contribution in [2.24, 2.45) is 0 Å². The molecule has 21 heavy (non-hydrogen) atoms. The van der Waals surface area contributed by atoms with Gasteiger partial charge in [-0.3, -0.25) is 0 Å². The SMILES string of the molecule is CCN(CC)S(=O)(=O)c1cc(CNC2CC2)c(C)cc1C. The molecular weight excluding hydrogens is 284 g/mol. The van der Waals surface area contributed by atoms with E-state index >= 15 is 0 Å². The Kier molecular flexibility index (Phi) is 5.07. The molecule has 0 unspecified atom stereocenters. The highest BCUT2D eigenvalue weighted by molar-refractivity contribution is 7.89. The van der Waals surface area contributed by atoms with Gasteiger partial charge in [-0.05, 0) is 49.4 Å². The van der Waals surface area contributed by atoms with Gasteiger partial charge in [0.2, 0.25) is 10.0 Å².